The van der Waals surface area contributed by atoms with Gasteiger partial charge >= 0.3 is 12.0 Å². The van der Waals surface area contributed by atoms with Crippen LogP contribution >= 0.6 is 0 Å². The SMILES string of the molecule is CCC(C)N(CC(=O)O)C(=O)NCCc1ccccc1. The fourth-order valence-corrected chi connectivity index (χ4v) is 1.85. The number of amides is 2. The predicted molar refractivity (Wildman–Crippen MR) is 77.6 cm³/mol. The summed E-state index contributed by atoms with van der Waals surface area (Å²) in [5.74, 6) is -0.997. The molecule has 0 aliphatic rings. The van der Waals surface area contributed by atoms with E-state index in [1.165, 1.54) is 4.90 Å². The van der Waals surface area contributed by atoms with Crippen molar-refractivity contribution in [2.45, 2.75) is 32.7 Å². The standard InChI is InChI=1S/C15H22N2O3/c1-3-12(2)17(11-14(18)19)15(20)16-10-9-13-7-5-4-6-8-13/h4-8,12H,3,9-11H2,1-2H3,(H,16,20)(H,18,19). The number of aliphatic carboxylic acids is 1. The van der Waals surface area contributed by atoms with Crippen LogP contribution in [0.5, 0.6) is 0 Å². The molecule has 1 aromatic rings. The van der Waals surface area contributed by atoms with E-state index in [1.807, 2.05) is 44.2 Å². The van der Waals surface area contributed by atoms with E-state index in [0.717, 1.165) is 18.4 Å². The quantitative estimate of drug-likeness (QED) is 0.802. The number of carboxylic acid groups (broad SMARTS) is 1. The van der Waals surface area contributed by atoms with E-state index in [2.05, 4.69) is 5.32 Å². The minimum absolute atomic E-state index is 0.0946. The molecule has 20 heavy (non-hydrogen) atoms. The lowest BCUT2D eigenvalue weighted by atomic mass is 10.1. The van der Waals surface area contributed by atoms with Gasteiger partial charge in [-0.15, -0.1) is 0 Å². The van der Waals surface area contributed by atoms with Gasteiger partial charge in [0, 0.05) is 12.6 Å². The average molecular weight is 278 g/mol. The highest BCUT2D eigenvalue weighted by atomic mass is 16.4. The Balaban J connectivity index is 2.47. The molecule has 1 aromatic carbocycles. The molecule has 0 aromatic heterocycles. The van der Waals surface area contributed by atoms with Crippen LogP contribution in [0.4, 0.5) is 4.79 Å². The molecule has 1 atom stereocenters. The predicted octanol–water partition coefficient (Wildman–Crippen LogP) is 2.12. The fraction of sp³-hybridized carbons (Fsp3) is 0.467. The first-order valence-corrected chi connectivity index (χ1v) is 6.84. The van der Waals surface area contributed by atoms with Gasteiger partial charge in [-0.05, 0) is 25.3 Å². The first-order valence-electron chi connectivity index (χ1n) is 6.84. The van der Waals surface area contributed by atoms with Gasteiger partial charge in [0.2, 0.25) is 0 Å². The molecule has 0 aliphatic carbocycles. The highest BCUT2D eigenvalue weighted by Gasteiger charge is 2.20. The number of hydrogen-bond donors (Lipinski definition) is 2. The number of carbonyl (C=O) groups excluding carboxylic acids is 1. The van der Waals surface area contributed by atoms with E-state index < -0.39 is 5.97 Å². The van der Waals surface area contributed by atoms with Crippen molar-refractivity contribution in [3.05, 3.63) is 35.9 Å². The molecule has 2 N–H and O–H groups in total. The lowest BCUT2D eigenvalue weighted by Crippen LogP contribution is -2.47. The molecule has 0 heterocycles. The Hall–Kier alpha value is -2.04. The highest BCUT2D eigenvalue weighted by molar-refractivity contribution is 5.80. The van der Waals surface area contributed by atoms with E-state index in [-0.39, 0.29) is 18.6 Å². The number of rotatable bonds is 7. The number of benzene rings is 1. The van der Waals surface area contributed by atoms with Gasteiger partial charge < -0.3 is 15.3 Å². The monoisotopic (exact) mass is 278 g/mol. The van der Waals surface area contributed by atoms with Crippen molar-refractivity contribution < 1.29 is 14.7 Å². The Morgan fingerprint density at radius 2 is 1.95 bits per heavy atom. The lowest BCUT2D eigenvalue weighted by molar-refractivity contribution is -0.138. The molecule has 5 nitrogen and oxygen atoms in total. The first kappa shape index (κ1) is 16.0. The van der Waals surface area contributed by atoms with Crippen molar-refractivity contribution in [2.75, 3.05) is 13.1 Å². The molecule has 0 bridgehead atoms. The smallest absolute Gasteiger partial charge is 0.323 e. The molecule has 0 aliphatic heterocycles. The number of carboxylic acids is 1. The van der Waals surface area contributed by atoms with E-state index in [0.29, 0.717) is 6.54 Å². The number of urea groups is 1. The average Bonchev–Trinajstić information content (AvgIpc) is 2.44. The topological polar surface area (TPSA) is 69.6 Å². The van der Waals surface area contributed by atoms with Gasteiger partial charge in [-0.3, -0.25) is 4.79 Å². The maximum Gasteiger partial charge on any atom is 0.323 e. The van der Waals surface area contributed by atoms with Crippen LogP contribution in [0.2, 0.25) is 0 Å². The summed E-state index contributed by atoms with van der Waals surface area (Å²) >= 11 is 0. The van der Waals surface area contributed by atoms with Crippen LogP contribution in [0, 0.1) is 0 Å². The summed E-state index contributed by atoms with van der Waals surface area (Å²) in [6, 6.07) is 9.42. The maximum atomic E-state index is 12.0. The molecule has 1 unspecified atom stereocenters. The Kier molecular flexibility index (Phi) is 6.56. The van der Waals surface area contributed by atoms with Crippen LogP contribution in [0.1, 0.15) is 25.8 Å². The van der Waals surface area contributed by atoms with Gasteiger partial charge in [-0.2, -0.15) is 0 Å². The Morgan fingerprint density at radius 3 is 2.50 bits per heavy atom. The third-order valence-corrected chi connectivity index (χ3v) is 3.22. The summed E-state index contributed by atoms with van der Waals surface area (Å²) in [7, 11) is 0. The Bertz CT molecular complexity index is 434. The molecular formula is C15H22N2O3. The normalized spacial score (nSPS) is 11.7. The van der Waals surface area contributed by atoms with Gasteiger partial charge in [-0.1, -0.05) is 37.3 Å². The summed E-state index contributed by atoms with van der Waals surface area (Å²) in [4.78, 5) is 24.2. The van der Waals surface area contributed by atoms with E-state index in [1.54, 1.807) is 0 Å². The van der Waals surface area contributed by atoms with Gasteiger partial charge in [0.25, 0.3) is 0 Å². The van der Waals surface area contributed by atoms with E-state index in [9.17, 15) is 9.59 Å². The summed E-state index contributed by atoms with van der Waals surface area (Å²) in [6.07, 6.45) is 1.45. The minimum Gasteiger partial charge on any atom is -0.480 e. The van der Waals surface area contributed by atoms with Crippen LogP contribution in [0.3, 0.4) is 0 Å². The highest BCUT2D eigenvalue weighted by Crippen LogP contribution is 2.04. The van der Waals surface area contributed by atoms with Crippen LogP contribution in [-0.4, -0.2) is 41.1 Å². The van der Waals surface area contributed by atoms with Crippen molar-refractivity contribution in [2.24, 2.45) is 0 Å². The molecule has 2 amide bonds. The third-order valence-electron chi connectivity index (χ3n) is 3.22. The van der Waals surface area contributed by atoms with Crippen LogP contribution in [0.15, 0.2) is 30.3 Å². The third kappa shape index (κ3) is 5.30. The maximum absolute atomic E-state index is 12.0. The van der Waals surface area contributed by atoms with Crippen molar-refractivity contribution in [3.63, 3.8) is 0 Å². The molecule has 5 heteroatoms. The van der Waals surface area contributed by atoms with Gasteiger partial charge in [0.1, 0.15) is 6.54 Å². The molecule has 0 spiro atoms. The molecular weight excluding hydrogens is 256 g/mol. The van der Waals surface area contributed by atoms with Gasteiger partial charge in [-0.25, -0.2) is 4.79 Å². The minimum atomic E-state index is -0.997. The summed E-state index contributed by atoms with van der Waals surface area (Å²) in [5.41, 5.74) is 1.14. The molecule has 0 saturated carbocycles. The summed E-state index contributed by atoms with van der Waals surface area (Å²) < 4.78 is 0. The van der Waals surface area contributed by atoms with Crippen LogP contribution in [0.25, 0.3) is 0 Å². The Labute approximate surface area is 119 Å². The fourth-order valence-electron chi connectivity index (χ4n) is 1.85. The first-order chi connectivity index (χ1) is 9.54. The van der Waals surface area contributed by atoms with E-state index in [4.69, 9.17) is 5.11 Å². The molecule has 1 rings (SSSR count). The molecule has 0 radical (unpaired) electrons. The second-order valence-electron chi connectivity index (χ2n) is 4.75. The number of hydrogen-bond acceptors (Lipinski definition) is 2. The van der Waals surface area contributed by atoms with Crippen molar-refractivity contribution in [1.82, 2.24) is 10.2 Å². The Morgan fingerprint density at radius 1 is 1.30 bits per heavy atom. The number of nitrogens with one attached hydrogen (secondary N) is 1. The van der Waals surface area contributed by atoms with Crippen LogP contribution < -0.4 is 5.32 Å². The second kappa shape index (κ2) is 8.19. The van der Waals surface area contributed by atoms with Crippen LogP contribution in [-0.2, 0) is 11.2 Å². The van der Waals surface area contributed by atoms with Crippen molar-refractivity contribution in [3.8, 4) is 0 Å². The van der Waals surface area contributed by atoms with Gasteiger partial charge in [0.15, 0.2) is 0 Å². The van der Waals surface area contributed by atoms with Crippen molar-refractivity contribution in [1.29, 1.82) is 0 Å². The zero-order valence-corrected chi connectivity index (χ0v) is 12.0. The zero-order valence-electron chi connectivity index (χ0n) is 12.0. The lowest BCUT2D eigenvalue weighted by Gasteiger charge is -2.27. The van der Waals surface area contributed by atoms with Crippen molar-refractivity contribution >= 4 is 12.0 Å². The zero-order chi connectivity index (χ0) is 15.0. The molecule has 110 valence electrons. The second-order valence-corrected chi connectivity index (χ2v) is 4.75. The largest absolute Gasteiger partial charge is 0.480 e. The van der Waals surface area contributed by atoms with E-state index >= 15 is 0 Å². The molecule has 0 saturated heterocycles. The number of nitrogens with zero attached hydrogens (tertiary/aromatic N) is 1. The summed E-state index contributed by atoms with van der Waals surface area (Å²) in [6.45, 7) is 4.00. The summed E-state index contributed by atoms with van der Waals surface area (Å²) in [5, 5.41) is 11.6. The number of carbonyl (C=O) groups is 2. The van der Waals surface area contributed by atoms with Gasteiger partial charge in [0.05, 0.1) is 0 Å². The molecule has 0 fully saturated rings.